The number of phenols is 1. The first kappa shape index (κ1) is 19.2. The minimum absolute atomic E-state index is 0.00391. The average Bonchev–Trinajstić information content (AvgIpc) is 3.09. The number of hydrogen-bond acceptors (Lipinski definition) is 7. The van der Waals surface area contributed by atoms with Crippen LogP contribution in [0.3, 0.4) is 0 Å². The lowest BCUT2D eigenvalue weighted by Crippen LogP contribution is -2.11. The van der Waals surface area contributed by atoms with Crippen LogP contribution in [0.1, 0.15) is 49.4 Å². The molecule has 9 heteroatoms. The van der Waals surface area contributed by atoms with Crippen LogP contribution >= 0.6 is 11.8 Å². The molecule has 144 valence electrons. The Morgan fingerprint density at radius 2 is 2.15 bits per heavy atom. The van der Waals surface area contributed by atoms with Crippen molar-refractivity contribution in [3.8, 4) is 11.5 Å². The molecule has 0 amide bonds. The van der Waals surface area contributed by atoms with Gasteiger partial charge in [0.05, 0.1) is 19.1 Å². The SMILES string of the molecule is COc1cccc(/C=N/n2c(SCC(=O)O)nnc2C2CCCCC2)c1O. The molecule has 1 aliphatic carbocycles. The highest BCUT2D eigenvalue weighted by Crippen LogP contribution is 2.33. The number of benzene rings is 1. The van der Waals surface area contributed by atoms with E-state index in [4.69, 9.17) is 9.84 Å². The van der Waals surface area contributed by atoms with Crippen LogP contribution in [0.15, 0.2) is 28.5 Å². The maximum atomic E-state index is 10.9. The Bertz CT molecular complexity index is 831. The van der Waals surface area contributed by atoms with E-state index in [2.05, 4.69) is 15.3 Å². The Morgan fingerprint density at radius 1 is 1.37 bits per heavy atom. The monoisotopic (exact) mass is 390 g/mol. The number of hydrogen-bond donors (Lipinski definition) is 2. The van der Waals surface area contributed by atoms with Crippen molar-refractivity contribution in [3.05, 3.63) is 29.6 Å². The molecule has 2 N–H and O–H groups in total. The van der Waals surface area contributed by atoms with Crippen molar-refractivity contribution in [3.63, 3.8) is 0 Å². The van der Waals surface area contributed by atoms with E-state index in [0.717, 1.165) is 43.3 Å². The molecule has 1 aromatic heterocycles. The second kappa shape index (κ2) is 8.90. The van der Waals surface area contributed by atoms with E-state index >= 15 is 0 Å². The normalized spacial score (nSPS) is 15.3. The van der Waals surface area contributed by atoms with Crippen molar-refractivity contribution in [1.29, 1.82) is 0 Å². The van der Waals surface area contributed by atoms with Crippen LogP contribution < -0.4 is 4.74 Å². The van der Waals surface area contributed by atoms with Gasteiger partial charge >= 0.3 is 5.97 Å². The van der Waals surface area contributed by atoms with Crippen molar-refractivity contribution in [1.82, 2.24) is 14.9 Å². The molecule has 3 rings (SSSR count). The Hall–Kier alpha value is -2.55. The second-order valence-corrected chi connectivity index (χ2v) is 7.26. The highest BCUT2D eigenvalue weighted by molar-refractivity contribution is 7.99. The van der Waals surface area contributed by atoms with E-state index in [0.29, 0.717) is 16.5 Å². The van der Waals surface area contributed by atoms with E-state index in [1.165, 1.54) is 19.7 Å². The number of aromatic nitrogens is 3. The summed E-state index contributed by atoms with van der Waals surface area (Å²) < 4.78 is 6.72. The third kappa shape index (κ3) is 4.60. The average molecular weight is 390 g/mol. The van der Waals surface area contributed by atoms with Gasteiger partial charge in [-0.2, -0.15) is 9.78 Å². The van der Waals surface area contributed by atoms with Crippen LogP contribution in [0.25, 0.3) is 0 Å². The van der Waals surface area contributed by atoms with Crippen molar-refractivity contribution in [2.45, 2.75) is 43.2 Å². The summed E-state index contributed by atoms with van der Waals surface area (Å²) in [5.74, 6) is 0.292. The number of nitrogens with zero attached hydrogens (tertiary/aromatic N) is 4. The van der Waals surface area contributed by atoms with Gasteiger partial charge in [0.2, 0.25) is 5.16 Å². The predicted octanol–water partition coefficient (Wildman–Crippen LogP) is 3.10. The number of ether oxygens (including phenoxy) is 1. The molecule has 1 saturated carbocycles. The number of rotatable bonds is 7. The topological polar surface area (TPSA) is 110 Å². The number of para-hydroxylation sites is 1. The Morgan fingerprint density at radius 3 is 2.85 bits per heavy atom. The third-order valence-corrected chi connectivity index (χ3v) is 5.40. The molecular formula is C18H22N4O4S. The number of carboxylic acid groups (broad SMARTS) is 1. The molecule has 27 heavy (non-hydrogen) atoms. The van der Waals surface area contributed by atoms with Crippen LogP contribution in [0.4, 0.5) is 0 Å². The molecular weight excluding hydrogens is 368 g/mol. The molecule has 0 atom stereocenters. The van der Waals surface area contributed by atoms with Gasteiger partial charge in [-0.25, -0.2) is 0 Å². The second-order valence-electron chi connectivity index (χ2n) is 6.31. The number of aliphatic carboxylic acids is 1. The molecule has 0 radical (unpaired) electrons. The number of aromatic hydroxyl groups is 1. The first-order valence-corrected chi connectivity index (χ1v) is 9.79. The molecule has 0 saturated heterocycles. The quantitative estimate of drug-likeness (QED) is 0.552. The molecule has 0 aliphatic heterocycles. The van der Waals surface area contributed by atoms with Gasteiger partial charge in [-0.05, 0) is 25.0 Å². The lowest BCUT2D eigenvalue weighted by Gasteiger charge is -2.20. The van der Waals surface area contributed by atoms with Gasteiger partial charge in [-0.3, -0.25) is 4.79 Å². The minimum Gasteiger partial charge on any atom is -0.504 e. The van der Waals surface area contributed by atoms with E-state index < -0.39 is 5.97 Å². The van der Waals surface area contributed by atoms with Gasteiger partial charge in [0.1, 0.15) is 0 Å². The van der Waals surface area contributed by atoms with Crippen molar-refractivity contribution in [2.75, 3.05) is 12.9 Å². The number of carbonyl (C=O) groups is 1. The molecule has 8 nitrogen and oxygen atoms in total. The zero-order chi connectivity index (χ0) is 19.2. The van der Waals surface area contributed by atoms with Gasteiger partial charge in [0.25, 0.3) is 0 Å². The van der Waals surface area contributed by atoms with Gasteiger partial charge < -0.3 is 14.9 Å². The third-order valence-electron chi connectivity index (χ3n) is 4.49. The molecule has 0 bridgehead atoms. The molecule has 1 fully saturated rings. The van der Waals surface area contributed by atoms with Crippen molar-refractivity contribution in [2.24, 2.45) is 5.10 Å². The first-order chi connectivity index (χ1) is 13.1. The highest BCUT2D eigenvalue weighted by Gasteiger charge is 2.24. The fraction of sp³-hybridized carbons (Fsp3) is 0.444. The van der Waals surface area contributed by atoms with Gasteiger partial charge in [-0.1, -0.05) is 37.1 Å². The van der Waals surface area contributed by atoms with E-state index in [-0.39, 0.29) is 17.4 Å². The van der Waals surface area contributed by atoms with Gasteiger partial charge in [-0.15, -0.1) is 10.2 Å². The summed E-state index contributed by atoms with van der Waals surface area (Å²) in [5, 5.41) is 32.5. The lowest BCUT2D eigenvalue weighted by atomic mass is 9.89. The maximum absolute atomic E-state index is 10.9. The smallest absolute Gasteiger partial charge is 0.313 e. The number of thioether (sulfide) groups is 1. The van der Waals surface area contributed by atoms with Crippen LogP contribution in [0.2, 0.25) is 0 Å². The zero-order valence-electron chi connectivity index (χ0n) is 15.0. The fourth-order valence-corrected chi connectivity index (χ4v) is 3.76. The number of methoxy groups -OCH3 is 1. The van der Waals surface area contributed by atoms with E-state index in [1.54, 1.807) is 22.9 Å². The summed E-state index contributed by atoms with van der Waals surface area (Å²) >= 11 is 1.08. The molecule has 1 aromatic carbocycles. The van der Waals surface area contributed by atoms with Crippen molar-refractivity contribution < 1.29 is 19.7 Å². The summed E-state index contributed by atoms with van der Waals surface area (Å²) in [6.07, 6.45) is 7.03. The maximum Gasteiger partial charge on any atom is 0.313 e. The van der Waals surface area contributed by atoms with Crippen molar-refractivity contribution >= 4 is 23.9 Å². The summed E-state index contributed by atoms with van der Waals surface area (Å²) in [5.41, 5.74) is 0.492. The lowest BCUT2D eigenvalue weighted by molar-refractivity contribution is -0.133. The zero-order valence-corrected chi connectivity index (χ0v) is 15.9. The van der Waals surface area contributed by atoms with Gasteiger partial charge in [0, 0.05) is 11.5 Å². The summed E-state index contributed by atoms with van der Waals surface area (Å²) in [6, 6.07) is 5.14. The number of phenolic OH excluding ortho intramolecular Hbond substituents is 1. The van der Waals surface area contributed by atoms with Crippen LogP contribution in [0, 0.1) is 0 Å². The summed E-state index contributed by atoms with van der Waals surface area (Å²) in [7, 11) is 1.48. The minimum atomic E-state index is -0.928. The van der Waals surface area contributed by atoms with E-state index in [1.807, 2.05) is 0 Å². The first-order valence-electron chi connectivity index (χ1n) is 8.80. The molecule has 0 unspecified atom stereocenters. The Balaban J connectivity index is 1.93. The van der Waals surface area contributed by atoms with Crippen LogP contribution in [-0.4, -0.2) is 50.1 Å². The van der Waals surface area contributed by atoms with E-state index in [9.17, 15) is 9.90 Å². The summed E-state index contributed by atoms with van der Waals surface area (Å²) in [4.78, 5) is 10.9. The van der Waals surface area contributed by atoms with Crippen LogP contribution in [-0.2, 0) is 4.79 Å². The summed E-state index contributed by atoms with van der Waals surface area (Å²) in [6.45, 7) is 0. The Labute approximate surface area is 161 Å². The Kier molecular flexibility index (Phi) is 6.33. The molecule has 2 aromatic rings. The molecule has 1 heterocycles. The largest absolute Gasteiger partial charge is 0.504 e. The highest BCUT2D eigenvalue weighted by atomic mass is 32.2. The molecule has 1 aliphatic rings. The standard InChI is InChI=1S/C18H22N4O4S/c1-26-14-9-5-8-13(16(14)25)10-19-22-17(12-6-3-2-4-7-12)20-21-18(22)27-11-15(23)24/h5,8-10,12,25H,2-4,6-7,11H2,1H3,(H,23,24)/b19-10+. The van der Waals surface area contributed by atoms with Crippen LogP contribution in [0.5, 0.6) is 11.5 Å². The number of carboxylic acids is 1. The predicted molar refractivity (Wildman–Crippen MR) is 102 cm³/mol. The molecule has 0 spiro atoms. The van der Waals surface area contributed by atoms with Gasteiger partial charge in [0.15, 0.2) is 17.3 Å². The fourth-order valence-electron chi connectivity index (χ4n) is 3.15.